The molecule has 0 spiro atoms. The highest BCUT2D eigenvalue weighted by molar-refractivity contribution is 5.76. The molecular formula is C11H20N2O5. The molecule has 1 aliphatic rings. The van der Waals surface area contributed by atoms with Crippen LogP contribution < -0.4 is 5.32 Å². The van der Waals surface area contributed by atoms with Crippen molar-refractivity contribution in [2.45, 2.75) is 18.9 Å². The van der Waals surface area contributed by atoms with Gasteiger partial charge in [0.25, 0.3) is 0 Å². The minimum atomic E-state index is -1.56. The molecule has 18 heavy (non-hydrogen) atoms. The van der Waals surface area contributed by atoms with Crippen LogP contribution in [0.2, 0.25) is 0 Å². The maximum absolute atomic E-state index is 11.6. The van der Waals surface area contributed by atoms with Gasteiger partial charge in [-0.05, 0) is 18.8 Å². The van der Waals surface area contributed by atoms with Crippen LogP contribution in [0, 0.1) is 5.92 Å². The lowest BCUT2D eigenvalue weighted by Crippen LogP contribution is -2.44. The number of nitrogens with one attached hydrogen (secondary N) is 1. The predicted octanol–water partition coefficient (Wildman–Crippen LogP) is -0.500. The SMILES string of the molecule is CN(CC1CCOCC1)C(=O)NC[C@H](O)C(=O)O. The summed E-state index contributed by atoms with van der Waals surface area (Å²) in [5.41, 5.74) is 0. The first-order valence-electron chi connectivity index (χ1n) is 5.98. The number of amides is 2. The van der Waals surface area contributed by atoms with Crippen molar-refractivity contribution >= 4 is 12.0 Å². The number of carboxylic acid groups (broad SMARTS) is 1. The van der Waals surface area contributed by atoms with Gasteiger partial charge < -0.3 is 25.2 Å². The Morgan fingerprint density at radius 1 is 1.44 bits per heavy atom. The van der Waals surface area contributed by atoms with E-state index in [2.05, 4.69) is 5.32 Å². The molecule has 104 valence electrons. The van der Waals surface area contributed by atoms with Crippen LogP contribution in [0.1, 0.15) is 12.8 Å². The highest BCUT2D eigenvalue weighted by atomic mass is 16.5. The number of nitrogens with zero attached hydrogens (tertiary/aromatic N) is 1. The molecule has 0 aromatic carbocycles. The number of aliphatic carboxylic acids is 1. The van der Waals surface area contributed by atoms with Crippen molar-refractivity contribution in [3.63, 3.8) is 0 Å². The van der Waals surface area contributed by atoms with E-state index in [1.807, 2.05) is 0 Å². The highest BCUT2D eigenvalue weighted by Crippen LogP contribution is 2.15. The Bertz CT molecular complexity index is 291. The van der Waals surface area contributed by atoms with Crippen molar-refractivity contribution in [1.82, 2.24) is 10.2 Å². The Kier molecular flexibility index (Phi) is 5.87. The number of hydrogen-bond donors (Lipinski definition) is 3. The summed E-state index contributed by atoms with van der Waals surface area (Å²) in [6.07, 6.45) is 0.288. The lowest BCUT2D eigenvalue weighted by molar-refractivity contribution is -0.146. The van der Waals surface area contributed by atoms with E-state index in [0.29, 0.717) is 12.5 Å². The number of rotatable bonds is 5. The molecule has 0 aliphatic carbocycles. The average Bonchev–Trinajstić information content (AvgIpc) is 2.36. The molecule has 0 unspecified atom stereocenters. The van der Waals surface area contributed by atoms with Crippen LogP contribution >= 0.6 is 0 Å². The van der Waals surface area contributed by atoms with E-state index in [0.717, 1.165) is 26.1 Å². The molecule has 0 saturated carbocycles. The summed E-state index contributed by atoms with van der Waals surface area (Å²) in [5.74, 6) is -0.929. The van der Waals surface area contributed by atoms with Crippen LogP contribution in [0.25, 0.3) is 0 Å². The van der Waals surface area contributed by atoms with E-state index in [1.165, 1.54) is 4.90 Å². The Hall–Kier alpha value is -1.34. The van der Waals surface area contributed by atoms with Gasteiger partial charge in [-0.3, -0.25) is 0 Å². The Balaban J connectivity index is 2.25. The zero-order valence-electron chi connectivity index (χ0n) is 10.5. The standard InChI is InChI=1S/C11H20N2O5/c1-13(7-8-2-4-18-5-3-8)11(17)12-6-9(14)10(15)16/h8-9,14H,2-7H2,1H3,(H,12,17)(H,15,16)/t9-/m0/s1. The molecule has 7 nitrogen and oxygen atoms in total. The summed E-state index contributed by atoms with van der Waals surface area (Å²) < 4.78 is 5.23. The number of carbonyl (C=O) groups is 2. The molecule has 1 aliphatic heterocycles. The van der Waals surface area contributed by atoms with E-state index < -0.39 is 12.1 Å². The molecular weight excluding hydrogens is 240 g/mol. The van der Waals surface area contributed by atoms with Crippen molar-refractivity contribution in [3.8, 4) is 0 Å². The third-order valence-electron chi connectivity index (χ3n) is 2.95. The number of urea groups is 1. The largest absolute Gasteiger partial charge is 0.479 e. The number of carboxylic acids is 1. The fraction of sp³-hybridized carbons (Fsp3) is 0.818. The lowest BCUT2D eigenvalue weighted by atomic mass is 10.00. The second-order valence-corrected chi connectivity index (χ2v) is 4.48. The van der Waals surface area contributed by atoms with Gasteiger partial charge in [-0.2, -0.15) is 0 Å². The van der Waals surface area contributed by atoms with E-state index in [9.17, 15) is 9.59 Å². The smallest absolute Gasteiger partial charge is 0.334 e. The molecule has 1 atom stereocenters. The topological polar surface area (TPSA) is 99.1 Å². The summed E-state index contributed by atoms with van der Waals surface area (Å²) in [7, 11) is 1.65. The normalized spacial score (nSPS) is 18.1. The summed E-state index contributed by atoms with van der Waals surface area (Å²) >= 11 is 0. The van der Waals surface area contributed by atoms with Crippen molar-refractivity contribution in [1.29, 1.82) is 0 Å². The summed E-state index contributed by atoms with van der Waals surface area (Å²) in [6.45, 7) is 1.76. The van der Waals surface area contributed by atoms with Crippen molar-refractivity contribution in [2.24, 2.45) is 5.92 Å². The minimum absolute atomic E-state index is 0.285. The molecule has 3 N–H and O–H groups in total. The van der Waals surface area contributed by atoms with Gasteiger partial charge in [-0.1, -0.05) is 0 Å². The van der Waals surface area contributed by atoms with Crippen LogP contribution in [-0.2, 0) is 9.53 Å². The molecule has 0 aromatic heterocycles. The predicted molar refractivity (Wildman–Crippen MR) is 63.2 cm³/mol. The van der Waals surface area contributed by atoms with E-state index >= 15 is 0 Å². The number of hydrogen-bond acceptors (Lipinski definition) is 4. The first kappa shape index (κ1) is 14.7. The zero-order valence-corrected chi connectivity index (χ0v) is 10.5. The molecule has 0 bridgehead atoms. The molecule has 1 rings (SSSR count). The summed E-state index contributed by atoms with van der Waals surface area (Å²) in [4.78, 5) is 23.5. The maximum atomic E-state index is 11.6. The second kappa shape index (κ2) is 7.17. The quantitative estimate of drug-likeness (QED) is 0.619. The van der Waals surface area contributed by atoms with Crippen LogP contribution in [0.5, 0.6) is 0 Å². The maximum Gasteiger partial charge on any atom is 0.334 e. The fourth-order valence-corrected chi connectivity index (χ4v) is 1.81. The monoisotopic (exact) mass is 260 g/mol. The lowest BCUT2D eigenvalue weighted by Gasteiger charge is -2.27. The minimum Gasteiger partial charge on any atom is -0.479 e. The van der Waals surface area contributed by atoms with Gasteiger partial charge in [-0.15, -0.1) is 0 Å². The van der Waals surface area contributed by atoms with Crippen LogP contribution in [0.15, 0.2) is 0 Å². The zero-order chi connectivity index (χ0) is 13.5. The highest BCUT2D eigenvalue weighted by Gasteiger charge is 2.20. The van der Waals surface area contributed by atoms with Gasteiger partial charge in [0.15, 0.2) is 6.10 Å². The van der Waals surface area contributed by atoms with Gasteiger partial charge in [0.05, 0.1) is 6.54 Å². The molecule has 7 heteroatoms. The number of aliphatic hydroxyl groups excluding tert-OH is 1. The van der Waals surface area contributed by atoms with E-state index in [1.54, 1.807) is 7.05 Å². The van der Waals surface area contributed by atoms with Gasteiger partial charge in [0.2, 0.25) is 0 Å². The molecule has 1 saturated heterocycles. The Morgan fingerprint density at radius 2 is 2.06 bits per heavy atom. The van der Waals surface area contributed by atoms with Crippen molar-refractivity contribution in [3.05, 3.63) is 0 Å². The molecule has 0 radical (unpaired) electrons. The van der Waals surface area contributed by atoms with Gasteiger partial charge in [-0.25, -0.2) is 9.59 Å². The average molecular weight is 260 g/mol. The molecule has 2 amide bonds. The van der Waals surface area contributed by atoms with Crippen LogP contribution in [-0.4, -0.2) is 66.6 Å². The fourth-order valence-electron chi connectivity index (χ4n) is 1.81. The Morgan fingerprint density at radius 3 is 2.61 bits per heavy atom. The second-order valence-electron chi connectivity index (χ2n) is 4.48. The number of ether oxygens (including phenoxy) is 1. The van der Waals surface area contributed by atoms with Crippen molar-refractivity contribution in [2.75, 3.05) is 33.4 Å². The molecule has 1 fully saturated rings. The summed E-state index contributed by atoms with van der Waals surface area (Å²) in [6, 6.07) is -0.373. The number of carbonyl (C=O) groups excluding carboxylic acids is 1. The van der Waals surface area contributed by atoms with E-state index in [4.69, 9.17) is 14.9 Å². The third kappa shape index (κ3) is 4.89. The number of aliphatic hydroxyl groups is 1. The third-order valence-corrected chi connectivity index (χ3v) is 2.95. The molecule has 0 aromatic rings. The van der Waals surface area contributed by atoms with Crippen molar-refractivity contribution < 1.29 is 24.5 Å². The van der Waals surface area contributed by atoms with Crippen LogP contribution in [0.3, 0.4) is 0 Å². The van der Waals surface area contributed by atoms with Crippen LogP contribution in [0.4, 0.5) is 4.79 Å². The summed E-state index contributed by atoms with van der Waals surface area (Å²) in [5, 5.41) is 19.9. The Labute approximate surface area is 106 Å². The first-order valence-corrected chi connectivity index (χ1v) is 5.98. The van der Waals surface area contributed by atoms with Gasteiger partial charge in [0.1, 0.15) is 0 Å². The van der Waals surface area contributed by atoms with E-state index in [-0.39, 0.29) is 12.6 Å². The first-order chi connectivity index (χ1) is 8.50. The van der Waals surface area contributed by atoms with Gasteiger partial charge in [0, 0.05) is 26.8 Å². The molecule has 1 heterocycles. The van der Waals surface area contributed by atoms with Gasteiger partial charge >= 0.3 is 12.0 Å².